The number of hydrogen-bond donors (Lipinski definition) is 0. The second-order valence-corrected chi connectivity index (χ2v) is 5.61. The minimum atomic E-state index is -0.598. The van der Waals surface area contributed by atoms with Crippen LogP contribution in [-0.2, 0) is 14.3 Å². The van der Waals surface area contributed by atoms with Crippen LogP contribution in [0, 0.1) is 5.92 Å². The monoisotopic (exact) mass is 289 g/mol. The molecule has 2 rings (SSSR count). The molecule has 21 heavy (non-hydrogen) atoms. The number of carbonyl (C=O) groups excluding carboxylic acids is 2. The van der Waals surface area contributed by atoms with Gasteiger partial charge in [0.05, 0.1) is 13.2 Å². The summed E-state index contributed by atoms with van der Waals surface area (Å²) in [5, 5.41) is 0. The summed E-state index contributed by atoms with van der Waals surface area (Å²) in [6.45, 7) is 6.56. The summed E-state index contributed by atoms with van der Waals surface area (Å²) in [6.07, 6.45) is 0.537. The number of benzene rings is 1. The van der Waals surface area contributed by atoms with Gasteiger partial charge in [0, 0.05) is 12.1 Å². The first-order valence-electron chi connectivity index (χ1n) is 7.54. The normalized spacial score (nSPS) is 24.6. The first-order chi connectivity index (χ1) is 10.0. The first-order valence-corrected chi connectivity index (χ1v) is 7.54. The van der Waals surface area contributed by atoms with E-state index in [4.69, 9.17) is 4.74 Å². The minimum absolute atomic E-state index is 0.0330. The van der Waals surface area contributed by atoms with Crippen molar-refractivity contribution >= 4 is 11.8 Å². The molecule has 114 valence electrons. The van der Waals surface area contributed by atoms with Gasteiger partial charge in [0.25, 0.3) is 0 Å². The second kappa shape index (κ2) is 6.85. The summed E-state index contributed by atoms with van der Waals surface area (Å²) in [6, 6.07) is 10.5. The van der Waals surface area contributed by atoms with E-state index in [9.17, 15) is 9.59 Å². The number of ether oxygens (including phenoxy) is 1. The average Bonchev–Trinajstić information content (AvgIpc) is 2.49. The van der Waals surface area contributed by atoms with Gasteiger partial charge in [-0.1, -0.05) is 30.3 Å². The molecule has 1 aromatic rings. The molecule has 1 aromatic carbocycles. The summed E-state index contributed by atoms with van der Waals surface area (Å²) >= 11 is 0. The van der Waals surface area contributed by atoms with Crippen LogP contribution in [0.2, 0.25) is 0 Å². The molecule has 1 saturated heterocycles. The number of hydrogen-bond acceptors (Lipinski definition) is 4. The SMILES string of the molecule is CCOC(=O)C1C[C@@H](C)N(C(C)c2ccccc2)CC1=O. The van der Waals surface area contributed by atoms with Crippen molar-refractivity contribution in [2.45, 2.75) is 39.3 Å². The Bertz CT molecular complexity index is 500. The van der Waals surface area contributed by atoms with Gasteiger partial charge in [-0.05, 0) is 32.8 Å². The standard InChI is InChI=1S/C17H23NO3/c1-4-21-17(20)15-10-12(2)18(11-16(15)19)13(3)14-8-6-5-7-9-14/h5-9,12-13,15H,4,10-11H2,1-3H3/t12-,13?,15?/m1/s1. The van der Waals surface area contributed by atoms with Crippen molar-refractivity contribution in [1.29, 1.82) is 0 Å². The van der Waals surface area contributed by atoms with Gasteiger partial charge in [0.15, 0.2) is 5.78 Å². The predicted octanol–water partition coefficient (Wildman–Crippen LogP) is 2.59. The highest BCUT2D eigenvalue weighted by Gasteiger charge is 2.39. The van der Waals surface area contributed by atoms with Crippen LogP contribution in [0.25, 0.3) is 0 Å². The molecule has 4 heteroatoms. The molecule has 0 spiro atoms. The van der Waals surface area contributed by atoms with E-state index in [1.807, 2.05) is 18.2 Å². The van der Waals surface area contributed by atoms with E-state index in [1.54, 1.807) is 6.92 Å². The summed E-state index contributed by atoms with van der Waals surface area (Å²) in [5.74, 6) is -1.00. The van der Waals surface area contributed by atoms with Gasteiger partial charge in [0.2, 0.25) is 0 Å². The van der Waals surface area contributed by atoms with Crippen LogP contribution in [0.5, 0.6) is 0 Å². The molecule has 0 aliphatic carbocycles. The average molecular weight is 289 g/mol. The summed E-state index contributed by atoms with van der Waals surface area (Å²) in [4.78, 5) is 26.3. The van der Waals surface area contributed by atoms with Crippen LogP contribution >= 0.6 is 0 Å². The van der Waals surface area contributed by atoms with Crippen molar-refractivity contribution in [2.75, 3.05) is 13.2 Å². The molecule has 4 nitrogen and oxygen atoms in total. The van der Waals surface area contributed by atoms with Gasteiger partial charge in [-0.3, -0.25) is 14.5 Å². The van der Waals surface area contributed by atoms with E-state index in [1.165, 1.54) is 5.56 Å². The molecular formula is C17H23NO3. The van der Waals surface area contributed by atoms with Gasteiger partial charge < -0.3 is 4.74 Å². The third-order valence-electron chi connectivity index (χ3n) is 4.22. The van der Waals surface area contributed by atoms with Crippen LogP contribution in [-0.4, -0.2) is 35.8 Å². The number of likely N-dealkylation sites (tertiary alicyclic amines) is 1. The fraction of sp³-hybridized carbons (Fsp3) is 0.529. The van der Waals surface area contributed by atoms with Crippen LogP contribution < -0.4 is 0 Å². The highest BCUT2D eigenvalue weighted by molar-refractivity contribution is 6.00. The number of ketones is 1. The third kappa shape index (κ3) is 3.50. The molecule has 2 unspecified atom stereocenters. The molecule has 0 aromatic heterocycles. The maximum Gasteiger partial charge on any atom is 0.316 e. The quantitative estimate of drug-likeness (QED) is 0.631. The molecule has 0 amide bonds. The Hall–Kier alpha value is -1.68. The number of rotatable bonds is 4. The fourth-order valence-corrected chi connectivity index (χ4v) is 2.97. The van der Waals surface area contributed by atoms with Crippen LogP contribution in [0.15, 0.2) is 30.3 Å². The lowest BCUT2D eigenvalue weighted by Crippen LogP contribution is -2.49. The van der Waals surface area contributed by atoms with Crippen molar-refractivity contribution in [1.82, 2.24) is 4.90 Å². The third-order valence-corrected chi connectivity index (χ3v) is 4.22. The van der Waals surface area contributed by atoms with Gasteiger partial charge in [-0.2, -0.15) is 0 Å². The first kappa shape index (κ1) is 15.7. The zero-order valence-corrected chi connectivity index (χ0v) is 12.9. The lowest BCUT2D eigenvalue weighted by Gasteiger charge is -2.39. The van der Waals surface area contributed by atoms with E-state index >= 15 is 0 Å². The molecule has 0 radical (unpaired) electrons. The van der Waals surface area contributed by atoms with Crippen LogP contribution in [0.1, 0.15) is 38.8 Å². The largest absolute Gasteiger partial charge is 0.465 e. The van der Waals surface area contributed by atoms with Crippen molar-refractivity contribution in [2.24, 2.45) is 5.92 Å². The lowest BCUT2D eigenvalue weighted by atomic mass is 9.88. The summed E-state index contributed by atoms with van der Waals surface area (Å²) in [5.41, 5.74) is 1.19. The molecule has 0 bridgehead atoms. The summed E-state index contributed by atoms with van der Waals surface area (Å²) < 4.78 is 5.00. The van der Waals surface area contributed by atoms with Gasteiger partial charge in [0.1, 0.15) is 5.92 Å². The van der Waals surface area contributed by atoms with E-state index in [0.29, 0.717) is 19.6 Å². The van der Waals surface area contributed by atoms with Gasteiger partial charge in [-0.25, -0.2) is 0 Å². The molecule has 1 aliphatic heterocycles. The van der Waals surface area contributed by atoms with E-state index in [0.717, 1.165) is 0 Å². The Balaban J connectivity index is 2.08. The van der Waals surface area contributed by atoms with E-state index in [-0.39, 0.29) is 23.8 Å². The zero-order chi connectivity index (χ0) is 15.4. The van der Waals surface area contributed by atoms with Crippen molar-refractivity contribution in [3.8, 4) is 0 Å². The van der Waals surface area contributed by atoms with Crippen molar-refractivity contribution in [3.05, 3.63) is 35.9 Å². The summed E-state index contributed by atoms with van der Waals surface area (Å²) in [7, 11) is 0. The number of Topliss-reactive ketones (excluding diaryl/α,β-unsaturated/α-hetero) is 1. The highest BCUT2D eigenvalue weighted by Crippen LogP contribution is 2.29. The molecule has 0 N–H and O–H groups in total. The predicted molar refractivity (Wildman–Crippen MR) is 80.8 cm³/mol. The molecule has 3 atom stereocenters. The Labute approximate surface area is 126 Å². The molecular weight excluding hydrogens is 266 g/mol. The van der Waals surface area contributed by atoms with Crippen LogP contribution in [0.4, 0.5) is 0 Å². The van der Waals surface area contributed by atoms with E-state index < -0.39 is 5.92 Å². The van der Waals surface area contributed by atoms with Gasteiger partial charge >= 0.3 is 5.97 Å². The number of nitrogens with zero attached hydrogens (tertiary/aromatic N) is 1. The second-order valence-electron chi connectivity index (χ2n) is 5.61. The molecule has 1 fully saturated rings. The Morgan fingerprint density at radius 1 is 1.38 bits per heavy atom. The number of esters is 1. The van der Waals surface area contributed by atoms with Crippen molar-refractivity contribution < 1.29 is 14.3 Å². The number of carbonyl (C=O) groups is 2. The number of piperidine rings is 1. The van der Waals surface area contributed by atoms with E-state index in [2.05, 4.69) is 30.9 Å². The Morgan fingerprint density at radius 3 is 2.67 bits per heavy atom. The Kier molecular flexibility index (Phi) is 5.12. The molecule has 1 aliphatic rings. The highest BCUT2D eigenvalue weighted by atomic mass is 16.5. The zero-order valence-electron chi connectivity index (χ0n) is 12.9. The lowest BCUT2D eigenvalue weighted by molar-refractivity contribution is -0.155. The molecule has 0 saturated carbocycles. The maximum absolute atomic E-state index is 12.3. The van der Waals surface area contributed by atoms with Crippen molar-refractivity contribution in [3.63, 3.8) is 0 Å². The molecule has 1 heterocycles. The smallest absolute Gasteiger partial charge is 0.316 e. The van der Waals surface area contributed by atoms with Gasteiger partial charge in [-0.15, -0.1) is 0 Å². The topological polar surface area (TPSA) is 46.6 Å². The van der Waals surface area contributed by atoms with Crippen LogP contribution in [0.3, 0.4) is 0 Å². The maximum atomic E-state index is 12.3. The minimum Gasteiger partial charge on any atom is -0.465 e. The Morgan fingerprint density at radius 2 is 2.05 bits per heavy atom. The fourth-order valence-electron chi connectivity index (χ4n) is 2.97.